The molecule has 0 spiro atoms. The van der Waals surface area contributed by atoms with E-state index in [1.807, 2.05) is 13.1 Å². The summed E-state index contributed by atoms with van der Waals surface area (Å²) in [5.41, 5.74) is 7.19. The Hall–Kier alpha value is -1.71. The normalized spacial score (nSPS) is 15.4. The molecule has 4 nitrogen and oxygen atoms in total. The Kier molecular flexibility index (Phi) is 4.66. The van der Waals surface area contributed by atoms with Crippen LogP contribution < -0.4 is 10.6 Å². The molecule has 4 heteroatoms. The van der Waals surface area contributed by atoms with E-state index >= 15 is 0 Å². The van der Waals surface area contributed by atoms with Gasteiger partial charge in [0.15, 0.2) is 5.96 Å². The van der Waals surface area contributed by atoms with Gasteiger partial charge in [-0.25, -0.2) is 0 Å². The Bertz CT molecular complexity index is 411. The summed E-state index contributed by atoms with van der Waals surface area (Å²) in [6, 6.07) is 11.0. The van der Waals surface area contributed by atoms with Crippen LogP contribution in [0.25, 0.3) is 0 Å². The number of aliphatic imine (C=N–C) groups is 1. The minimum absolute atomic E-state index is 0.635. The third kappa shape index (κ3) is 4.16. The second-order valence-electron chi connectivity index (χ2n) is 5.19. The molecule has 0 atom stereocenters. The fourth-order valence-electron chi connectivity index (χ4n) is 2.07. The summed E-state index contributed by atoms with van der Waals surface area (Å²) in [5, 5.41) is 0. The molecule has 0 radical (unpaired) electrons. The molecule has 1 aromatic rings. The van der Waals surface area contributed by atoms with E-state index in [0.29, 0.717) is 12.0 Å². The first-order valence-electron chi connectivity index (χ1n) is 6.97. The predicted octanol–water partition coefficient (Wildman–Crippen LogP) is 1.92. The molecule has 1 aromatic carbocycles. The maximum absolute atomic E-state index is 5.95. The van der Waals surface area contributed by atoms with E-state index in [2.05, 4.69) is 46.1 Å². The van der Waals surface area contributed by atoms with Gasteiger partial charge in [-0.3, -0.25) is 4.99 Å². The van der Waals surface area contributed by atoms with Gasteiger partial charge in [0.25, 0.3) is 0 Å². The summed E-state index contributed by atoms with van der Waals surface area (Å²) >= 11 is 0. The molecule has 0 amide bonds. The average Bonchev–Trinajstić information content (AvgIpc) is 3.27. The van der Waals surface area contributed by atoms with Crippen LogP contribution in [0.15, 0.2) is 35.3 Å². The lowest BCUT2D eigenvalue weighted by atomic mass is 10.3. The maximum atomic E-state index is 5.95. The van der Waals surface area contributed by atoms with Crippen LogP contribution >= 0.6 is 0 Å². The second-order valence-corrected chi connectivity index (χ2v) is 5.19. The van der Waals surface area contributed by atoms with Crippen molar-refractivity contribution in [1.82, 2.24) is 4.90 Å². The fourth-order valence-corrected chi connectivity index (χ4v) is 2.07. The lowest BCUT2D eigenvalue weighted by Crippen LogP contribution is -2.35. The van der Waals surface area contributed by atoms with Crippen LogP contribution in [-0.4, -0.2) is 44.1 Å². The molecule has 1 aliphatic carbocycles. The van der Waals surface area contributed by atoms with E-state index in [-0.39, 0.29) is 0 Å². The first kappa shape index (κ1) is 13.7. The number of hydrogen-bond acceptors (Lipinski definition) is 2. The van der Waals surface area contributed by atoms with E-state index in [4.69, 9.17) is 5.73 Å². The lowest BCUT2D eigenvalue weighted by Gasteiger charge is -2.19. The molecule has 2 N–H and O–H groups in total. The van der Waals surface area contributed by atoms with Gasteiger partial charge < -0.3 is 15.5 Å². The first-order chi connectivity index (χ1) is 9.18. The zero-order valence-corrected chi connectivity index (χ0v) is 11.9. The molecular weight excluding hydrogens is 236 g/mol. The molecule has 2 rings (SSSR count). The fraction of sp³-hybridized carbons (Fsp3) is 0.533. The highest BCUT2D eigenvalue weighted by molar-refractivity contribution is 5.78. The molecule has 0 bridgehead atoms. The zero-order chi connectivity index (χ0) is 13.7. The molecular formula is C15H24N4. The van der Waals surface area contributed by atoms with Crippen LogP contribution in [0.5, 0.6) is 0 Å². The van der Waals surface area contributed by atoms with Gasteiger partial charge in [-0.05, 0) is 31.4 Å². The van der Waals surface area contributed by atoms with E-state index in [0.717, 1.165) is 19.5 Å². The van der Waals surface area contributed by atoms with Crippen LogP contribution in [-0.2, 0) is 0 Å². The van der Waals surface area contributed by atoms with Gasteiger partial charge in [0.1, 0.15) is 0 Å². The highest BCUT2D eigenvalue weighted by Crippen LogP contribution is 2.24. The molecule has 19 heavy (non-hydrogen) atoms. The largest absolute Gasteiger partial charge is 0.375 e. The zero-order valence-electron chi connectivity index (χ0n) is 11.9. The van der Waals surface area contributed by atoms with Crippen molar-refractivity contribution in [2.24, 2.45) is 10.7 Å². The summed E-state index contributed by atoms with van der Waals surface area (Å²) < 4.78 is 0. The molecule has 0 saturated heterocycles. The second kappa shape index (κ2) is 6.45. The topological polar surface area (TPSA) is 44.9 Å². The number of benzene rings is 1. The molecule has 0 unspecified atom stereocenters. The molecule has 1 aliphatic rings. The van der Waals surface area contributed by atoms with Crippen molar-refractivity contribution >= 4 is 11.6 Å². The van der Waals surface area contributed by atoms with Crippen molar-refractivity contribution in [2.75, 3.05) is 32.1 Å². The number of nitrogens with zero attached hydrogens (tertiary/aromatic N) is 3. The van der Waals surface area contributed by atoms with Gasteiger partial charge in [0.05, 0.1) is 0 Å². The maximum Gasteiger partial charge on any atom is 0.191 e. The quantitative estimate of drug-likeness (QED) is 0.483. The molecule has 0 heterocycles. The minimum Gasteiger partial charge on any atom is -0.375 e. The van der Waals surface area contributed by atoms with E-state index in [1.54, 1.807) is 0 Å². The predicted molar refractivity (Wildman–Crippen MR) is 81.6 cm³/mol. The monoisotopic (exact) mass is 260 g/mol. The van der Waals surface area contributed by atoms with Crippen LogP contribution in [0.3, 0.4) is 0 Å². The Morgan fingerprint density at radius 3 is 2.58 bits per heavy atom. The van der Waals surface area contributed by atoms with Crippen molar-refractivity contribution in [3.05, 3.63) is 30.3 Å². The highest BCUT2D eigenvalue weighted by Gasteiger charge is 2.27. The number of rotatable bonds is 6. The van der Waals surface area contributed by atoms with Crippen LogP contribution in [0.4, 0.5) is 5.69 Å². The number of guanidine groups is 1. The summed E-state index contributed by atoms with van der Waals surface area (Å²) in [6.07, 6.45) is 3.53. The van der Waals surface area contributed by atoms with Crippen LogP contribution in [0, 0.1) is 0 Å². The van der Waals surface area contributed by atoms with Gasteiger partial charge in [-0.15, -0.1) is 0 Å². The summed E-state index contributed by atoms with van der Waals surface area (Å²) in [7, 11) is 4.14. The van der Waals surface area contributed by atoms with Crippen molar-refractivity contribution < 1.29 is 0 Å². The molecule has 104 valence electrons. The summed E-state index contributed by atoms with van der Waals surface area (Å²) in [6.45, 7) is 1.79. The first-order valence-corrected chi connectivity index (χ1v) is 6.97. The number of nitrogens with two attached hydrogens (primary N) is 1. The van der Waals surface area contributed by atoms with Crippen molar-refractivity contribution in [3.8, 4) is 0 Å². The third-order valence-electron chi connectivity index (χ3n) is 3.58. The van der Waals surface area contributed by atoms with Crippen LogP contribution in [0.1, 0.15) is 19.3 Å². The van der Waals surface area contributed by atoms with E-state index < -0.39 is 0 Å². The van der Waals surface area contributed by atoms with Gasteiger partial charge in [0, 0.05) is 38.9 Å². The molecule has 1 saturated carbocycles. The van der Waals surface area contributed by atoms with Crippen molar-refractivity contribution in [3.63, 3.8) is 0 Å². The van der Waals surface area contributed by atoms with Gasteiger partial charge in [0.2, 0.25) is 0 Å². The molecule has 0 aliphatic heterocycles. The van der Waals surface area contributed by atoms with E-state index in [1.165, 1.54) is 18.5 Å². The molecule has 0 aromatic heterocycles. The Morgan fingerprint density at radius 2 is 1.95 bits per heavy atom. The number of para-hydroxylation sites is 1. The van der Waals surface area contributed by atoms with Crippen molar-refractivity contribution in [2.45, 2.75) is 25.3 Å². The smallest absolute Gasteiger partial charge is 0.191 e. The Morgan fingerprint density at radius 1 is 1.26 bits per heavy atom. The van der Waals surface area contributed by atoms with Gasteiger partial charge in [-0.2, -0.15) is 0 Å². The third-order valence-corrected chi connectivity index (χ3v) is 3.58. The Balaban J connectivity index is 1.70. The standard InChI is InChI=1S/C15H24N4/c1-18(13-7-4-3-5-8-13)12-6-11-17-15(16)19(2)14-9-10-14/h3-5,7-8,14H,6,9-12H2,1-2H3,(H2,16,17). The number of hydrogen-bond donors (Lipinski definition) is 1. The summed E-state index contributed by atoms with van der Waals surface area (Å²) in [5.74, 6) is 0.685. The van der Waals surface area contributed by atoms with E-state index in [9.17, 15) is 0 Å². The highest BCUT2D eigenvalue weighted by atomic mass is 15.3. The Labute approximate surface area is 115 Å². The average molecular weight is 260 g/mol. The number of anilines is 1. The van der Waals surface area contributed by atoms with Crippen LogP contribution in [0.2, 0.25) is 0 Å². The van der Waals surface area contributed by atoms with Gasteiger partial charge in [-0.1, -0.05) is 18.2 Å². The van der Waals surface area contributed by atoms with Gasteiger partial charge >= 0.3 is 0 Å². The summed E-state index contributed by atoms with van der Waals surface area (Å²) in [4.78, 5) is 8.79. The lowest BCUT2D eigenvalue weighted by molar-refractivity contribution is 0.487. The molecule has 1 fully saturated rings. The van der Waals surface area contributed by atoms with Crippen molar-refractivity contribution in [1.29, 1.82) is 0 Å². The minimum atomic E-state index is 0.635. The SMILES string of the molecule is CN(CCCN=C(N)N(C)C1CC1)c1ccccc1.